The smallest absolute Gasteiger partial charge is 0.119 e. The van der Waals surface area contributed by atoms with Crippen LogP contribution in [0.3, 0.4) is 0 Å². The van der Waals surface area contributed by atoms with Gasteiger partial charge in [0.15, 0.2) is 0 Å². The Kier molecular flexibility index (Phi) is 5.22. The standard InChI is InChI=1S/C12H16ClNO/c1-3-15-12-6-4-11(5-7-12)9-14-8-10(2)13/h4-7,14H,2-3,8-9H2,1H3. The summed E-state index contributed by atoms with van der Waals surface area (Å²) in [5, 5.41) is 3.81. The SMILES string of the molecule is C=C(Cl)CNCc1ccc(OCC)cc1. The van der Waals surface area contributed by atoms with Crippen molar-refractivity contribution in [2.24, 2.45) is 0 Å². The maximum absolute atomic E-state index is 5.63. The molecule has 0 aliphatic heterocycles. The first kappa shape index (κ1) is 12.1. The Balaban J connectivity index is 2.39. The highest BCUT2D eigenvalue weighted by atomic mass is 35.5. The molecule has 0 spiro atoms. The van der Waals surface area contributed by atoms with Crippen LogP contribution in [0.2, 0.25) is 0 Å². The number of hydrogen-bond donors (Lipinski definition) is 1. The minimum atomic E-state index is 0.626. The molecule has 1 N–H and O–H groups in total. The Morgan fingerprint density at radius 2 is 2.07 bits per heavy atom. The monoisotopic (exact) mass is 225 g/mol. The fourth-order valence-electron chi connectivity index (χ4n) is 1.21. The van der Waals surface area contributed by atoms with Gasteiger partial charge in [-0.1, -0.05) is 30.3 Å². The molecule has 15 heavy (non-hydrogen) atoms. The van der Waals surface area contributed by atoms with E-state index < -0.39 is 0 Å². The number of halogens is 1. The second-order valence-electron chi connectivity index (χ2n) is 3.20. The molecule has 0 aliphatic rings. The molecule has 0 unspecified atom stereocenters. The van der Waals surface area contributed by atoms with Gasteiger partial charge in [-0.2, -0.15) is 0 Å². The van der Waals surface area contributed by atoms with Crippen molar-refractivity contribution in [3.8, 4) is 5.75 Å². The van der Waals surface area contributed by atoms with E-state index in [1.54, 1.807) is 0 Å². The van der Waals surface area contributed by atoms with Crippen LogP contribution in [0.25, 0.3) is 0 Å². The number of rotatable bonds is 6. The van der Waals surface area contributed by atoms with E-state index >= 15 is 0 Å². The van der Waals surface area contributed by atoms with Crippen LogP contribution in [0.4, 0.5) is 0 Å². The third kappa shape index (κ3) is 4.86. The number of benzene rings is 1. The predicted octanol–water partition coefficient (Wildman–Crippen LogP) is 2.93. The second-order valence-corrected chi connectivity index (χ2v) is 3.73. The summed E-state index contributed by atoms with van der Waals surface area (Å²) < 4.78 is 5.35. The molecule has 0 aromatic heterocycles. The molecular weight excluding hydrogens is 210 g/mol. The summed E-state index contributed by atoms with van der Waals surface area (Å²) in [6, 6.07) is 8.01. The zero-order valence-corrected chi connectivity index (χ0v) is 9.68. The van der Waals surface area contributed by atoms with Crippen LogP contribution in [0.5, 0.6) is 5.75 Å². The third-order valence-corrected chi connectivity index (χ3v) is 2.01. The van der Waals surface area contributed by atoms with Crippen LogP contribution in [-0.2, 0) is 6.54 Å². The minimum absolute atomic E-state index is 0.626. The number of ether oxygens (including phenoxy) is 1. The van der Waals surface area contributed by atoms with Crippen molar-refractivity contribution in [1.29, 1.82) is 0 Å². The fourth-order valence-corrected chi connectivity index (χ4v) is 1.31. The highest BCUT2D eigenvalue weighted by Gasteiger charge is 1.95. The summed E-state index contributed by atoms with van der Waals surface area (Å²) >= 11 is 5.63. The fraction of sp³-hybridized carbons (Fsp3) is 0.333. The lowest BCUT2D eigenvalue weighted by atomic mass is 10.2. The van der Waals surface area contributed by atoms with Gasteiger partial charge < -0.3 is 10.1 Å². The van der Waals surface area contributed by atoms with E-state index in [1.165, 1.54) is 5.56 Å². The highest BCUT2D eigenvalue weighted by molar-refractivity contribution is 6.29. The average Bonchev–Trinajstić information content (AvgIpc) is 2.20. The van der Waals surface area contributed by atoms with Gasteiger partial charge in [-0.3, -0.25) is 0 Å². The van der Waals surface area contributed by atoms with Gasteiger partial charge in [0.2, 0.25) is 0 Å². The maximum Gasteiger partial charge on any atom is 0.119 e. The van der Waals surface area contributed by atoms with E-state index in [1.807, 2.05) is 31.2 Å². The van der Waals surface area contributed by atoms with E-state index in [0.717, 1.165) is 12.3 Å². The van der Waals surface area contributed by atoms with Crippen molar-refractivity contribution in [2.75, 3.05) is 13.2 Å². The van der Waals surface area contributed by atoms with Gasteiger partial charge in [0.1, 0.15) is 5.75 Å². The first-order chi connectivity index (χ1) is 7.22. The Hall–Kier alpha value is -0.990. The largest absolute Gasteiger partial charge is 0.494 e. The van der Waals surface area contributed by atoms with E-state index in [0.29, 0.717) is 18.2 Å². The molecule has 2 nitrogen and oxygen atoms in total. The lowest BCUT2D eigenvalue weighted by Gasteiger charge is -2.06. The summed E-state index contributed by atoms with van der Waals surface area (Å²) in [4.78, 5) is 0. The summed E-state index contributed by atoms with van der Waals surface area (Å²) in [7, 11) is 0. The highest BCUT2D eigenvalue weighted by Crippen LogP contribution is 2.11. The summed E-state index contributed by atoms with van der Waals surface area (Å²) in [5.41, 5.74) is 1.20. The van der Waals surface area contributed by atoms with E-state index in [9.17, 15) is 0 Å². The average molecular weight is 226 g/mol. The molecule has 1 aromatic rings. The normalized spacial score (nSPS) is 10.0. The molecule has 0 saturated carbocycles. The first-order valence-corrected chi connectivity index (χ1v) is 5.36. The van der Waals surface area contributed by atoms with Crippen LogP contribution in [0.1, 0.15) is 12.5 Å². The summed E-state index contributed by atoms with van der Waals surface area (Å²) in [5.74, 6) is 0.906. The van der Waals surface area contributed by atoms with Gasteiger partial charge in [0.25, 0.3) is 0 Å². The molecule has 0 aliphatic carbocycles. The van der Waals surface area contributed by atoms with Crippen molar-refractivity contribution in [3.63, 3.8) is 0 Å². The number of hydrogen-bond acceptors (Lipinski definition) is 2. The van der Waals surface area contributed by atoms with Crippen molar-refractivity contribution < 1.29 is 4.74 Å². The molecule has 0 radical (unpaired) electrons. The molecule has 1 rings (SSSR count). The second kappa shape index (κ2) is 6.49. The van der Waals surface area contributed by atoms with Crippen molar-refractivity contribution in [1.82, 2.24) is 5.32 Å². The van der Waals surface area contributed by atoms with E-state index in [2.05, 4.69) is 11.9 Å². The van der Waals surface area contributed by atoms with E-state index in [-0.39, 0.29) is 0 Å². The molecule has 0 saturated heterocycles. The Morgan fingerprint density at radius 1 is 1.40 bits per heavy atom. The lowest BCUT2D eigenvalue weighted by molar-refractivity contribution is 0.340. The molecule has 82 valence electrons. The van der Waals surface area contributed by atoms with Gasteiger partial charge in [-0.25, -0.2) is 0 Å². The van der Waals surface area contributed by atoms with Gasteiger partial charge in [-0.15, -0.1) is 0 Å². The van der Waals surface area contributed by atoms with Gasteiger partial charge in [0.05, 0.1) is 6.61 Å². The van der Waals surface area contributed by atoms with Crippen LogP contribution in [-0.4, -0.2) is 13.2 Å². The van der Waals surface area contributed by atoms with Crippen molar-refractivity contribution >= 4 is 11.6 Å². The molecule has 0 heterocycles. The van der Waals surface area contributed by atoms with Gasteiger partial charge >= 0.3 is 0 Å². The Morgan fingerprint density at radius 3 is 2.60 bits per heavy atom. The molecule has 0 bridgehead atoms. The maximum atomic E-state index is 5.63. The Labute approximate surface area is 95.9 Å². The molecule has 3 heteroatoms. The van der Waals surface area contributed by atoms with Gasteiger partial charge in [-0.05, 0) is 24.6 Å². The van der Waals surface area contributed by atoms with Crippen LogP contribution in [0.15, 0.2) is 35.9 Å². The van der Waals surface area contributed by atoms with Crippen molar-refractivity contribution in [2.45, 2.75) is 13.5 Å². The zero-order chi connectivity index (χ0) is 11.1. The van der Waals surface area contributed by atoms with Crippen LogP contribution >= 0.6 is 11.6 Å². The molecule has 0 fully saturated rings. The topological polar surface area (TPSA) is 21.3 Å². The Bertz CT molecular complexity index is 308. The molecular formula is C12H16ClNO. The summed E-state index contributed by atoms with van der Waals surface area (Å²) in [6.07, 6.45) is 0. The first-order valence-electron chi connectivity index (χ1n) is 4.98. The minimum Gasteiger partial charge on any atom is -0.494 e. The quantitative estimate of drug-likeness (QED) is 0.804. The summed E-state index contributed by atoms with van der Waals surface area (Å²) in [6.45, 7) is 7.70. The number of nitrogens with one attached hydrogen (secondary N) is 1. The molecule has 0 amide bonds. The third-order valence-electron chi connectivity index (χ3n) is 1.88. The van der Waals surface area contributed by atoms with Crippen LogP contribution < -0.4 is 10.1 Å². The van der Waals surface area contributed by atoms with E-state index in [4.69, 9.17) is 16.3 Å². The lowest BCUT2D eigenvalue weighted by Crippen LogP contribution is -2.14. The zero-order valence-electron chi connectivity index (χ0n) is 8.92. The van der Waals surface area contributed by atoms with Crippen molar-refractivity contribution in [3.05, 3.63) is 41.4 Å². The molecule has 0 atom stereocenters. The van der Waals surface area contributed by atoms with Gasteiger partial charge in [0, 0.05) is 18.1 Å². The van der Waals surface area contributed by atoms with Crippen LogP contribution in [0, 0.1) is 0 Å². The predicted molar refractivity (Wildman–Crippen MR) is 64.3 cm³/mol. The molecule has 1 aromatic carbocycles.